The molecule has 8 heteroatoms. The minimum absolute atomic E-state index is 0.139. The third kappa shape index (κ3) is 4.96. The van der Waals surface area contributed by atoms with Gasteiger partial charge in [-0.1, -0.05) is 26.0 Å². The van der Waals surface area contributed by atoms with Crippen LogP contribution in [0, 0.1) is 0 Å². The molecule has 0 fully saturated rings. The van der Waals surface area contributed by atoms with E-state index in [0.29, 0.717) is 29.8 Å². The van der Waals surface area contributed by atoms with Gasteiger partial charge in [-0.05, 0) is 61.4 Å². The molecule has 0 saturated heterocycles. The molecule has 2 heterocycles. The molecule has 31 heavy (non-hydrogen) atoms. The normalized spacial score (nSPS) is 21.0. The standard InChI is InChI=1S/C23H33N2O4PS/c1-5-23(6-2)17(4)25(16(3)21-20(23)11-14-31-21)13-12-24-22(26)19-9-7-18(8-10-19)15-30(27,28)29/h7-11,14,16-17H,5-6,12-13,15H2,1-4H3,(H,24,26)(H2,27,28,29)/t16-,17+/m0/s1. The Morgan fingerprint density at radius 1 is 1.16 bits per heavy atom. The van der Waals surface area contributed by atoms with Crippen LogP contribution in [0.25, 0.3) is 0 Å². The lowest BCUT2D eigenvalue weighted by molar-refractivity contribution is 0.0646. The summed E-state index contributed by atoms with van der Waals surface area (Å²) in [7, 11) is -4.11. The fraction of sp³-hybridized carbons (Fsp3) is 0.522. The van der Waals surface area contributed by atoms with Gasteiger partial charge in [-0.2, -0.15) is 0 Å². The van der Waals surface area contributed by atoms with Crippen LogP contribution in [0.4, 0.5) is 0 Å². The number of nitrogens with one attached hydrogen (secondary N) is 1. The zero-order chi connectivity index (χ0) is 22.8. The van der Waals surface area contributed by atoms with Crippen LogP contribution in [-0.2, 0) is 16.1 Å². The molecule has 1 amide bonds. The second kappa shape index (κ2) is 9.55. The highest BCUT2D eigenvalue weighted by molar-refractivity contribution is 7.50. The molecule has 0 spiro atoms. The Morgan fingerprint density at radius 3 is 2.39 bits per heavy atom. The first-order chi connectivity index (χ1) is 14.6. The fourth-order valence-electron chi connectivity index (χ4n) is 5.09. The predicted molar refractivity (Wildman–Crippen MR) is 126 cm³/mol. The number of rotatable bonds is 8. The van der Waals surface area contributed by atoms with Gasteiger partial charge in [0.25, 0.3) is 5.91 Å². The highest BCUT2D eigenvalue weighted by Crippen LogP contribution is 2.49. The number of amides is 1. The largest absolute Gasteiger partial charge is 0.351 e. The molecule has 2 aromatic rings. The Hall–Kier alpha value is -1.50. The highest BCUT2D eigenvalue weighted by atomic mass is 32.1. The van der Waals surface area contributed by atoms with Gasteiger partial charge >= 0.3 is 7.60 Å². The number of fused-ring (bicyclic) bond motifs is 1. The third-order valence-electron chi connectivity index (χ3n) is 6.93. The van der Waals surface area contributed by atoms with Crippen LogP contribution < -0.4 is 5.32 Å². The number of hydrogen-bond donors (Lipinski definition) is 3. The number of nitrogens with zero attached hydrogens (tertiary/aromatic N) is 1. The van der Waals surface area contributed by atoms with Gasteiger partial charge in [0, 0.05) is 41.0 Å². The Kier molecular flexibility index (Phi) is 7.44. The Bertz CT molecular complexity index is 949. The van der Waals surface area contributed by atoms with Gasteiger partial charge in [0.2, 0.25) is 0 Å². The average Bonchev–Trinajstić information content (AvgIpc) is 3.21. The summed E-state index contributed by atoms with van der Waals surface area (Å²) < 4.78 is 11.1. The van der Waals surface area contributed by atoms with Crippen molar-refractivity contribution in [2.24, 2.45) is 0 Å². The first-order valence-corrected chi connectivity index (χ1v) is 13.6. The lowest BCUT2D eigenvalue weighted by Gasteiger charge is -2.51. The van der Waals surface area contributed by atoms with Gasteiger partial charge in [-0.3, -0.25) is 14.3 Å². The molecule has 2 atom stereocenters. The fourth-order valence-corrected chi connectivity index (χ4v) is 6.86. The van der Waals surface area contributed by atoms with Crippen molar-refractivity contribution in [2.75, 3.05) is 13.1 Å². The lowest BCUT2D eigenvalue weighted by Crippen LogP contribution is -2.54. The highest BCUT2D eigenvalue weighted by Gasteiger charge is 2.46. The smallest absolute Gasteiger partial charge is 0.329 e. The van der Waals surface area contributed by atoms with Crippen LogP contribution in [0.2, 0.25) is 0 Å². The van der Waals surface area contributed by atoms with E-state index in [1.54, 1.807) is 24.3 Å². The zero-order valence-electron chi connectivity index (χ0n) is 18.7. The van der Waals surface area contributed by atoms with E-state index in [1.165, 1.54) is 10.4 Å². The van der Waals surface area contributed by atoms with Crippen molar-refractivity contribution < 1.29 is 19.1 Å². The van der Waals surface area contributed by atoms with Crippen LogP contribution in [0.15, 0.2) is 35.7 Å². The minimum atomic E-state index is -4.11. The quantitative estimate of drug-likeness (QED) is 0.494. The number of hydrogen-bond acceptors (Lipinski definition) is 4. The lowest BCUT2D eigenvalue weighted by atomic mass is 9.67. The summed E-state index contributed by atoms with van der Waals surface area (Å²) in [6.45, 7) is 10.4. The summed E-state index contributed by atoms with van der Waals surface area (Å²) in [6, 6.07) is 9.42. The molecular weight excluding hydrogens is 431 g/mol. The zero-order valence-corrected chi connectivity index (χ0v) is 20.4. The van der Waals surface area contributed by atoms with Crippen molar-refractivity contribution in [3.8, 4) is 0 Å². The van der Waals surface area contributed by atoms with Crippen molar-refractivity contribution in [3.63, 3.8) is 0 Å². The molecule has 3 N–H and O–H groups in total. The maximum absolute atomic E-state index is 12.6. The van der Waals surface area contributed by atoms with Crippen molar-refractivity contribution in [2.45, 2.75) is 64.2 Å². The van der Waals surface area contributed by atoms with Gasteiger partial charge < -0.3 is 15.1 Å². The second-order valence-corrected chi connectivity index (χ2v) is 11.0. The second-order valence-electron chi connectivity index (χ2n) is 8.43. The SMILES string of the molecule is CCC1(CC)c2ccsc2[C@H](C)N(CCNC(=O)c2ccc(CP(=O)(O)O)cc2)[C@@H]1C. The summed E-state index contributed by atoms with van der Waals surface area (Å²) >= 11 is 1.83. The first-order valence-electron chi connectivity index (χ1n) is 10.9. The van der Waals surface area contributed by atoms with Gasteiger partial charge in [-0.25, -0.2) is 0 Å². The molecule has 1 aromatic carbocycles. The van der Waals surface area contributed by atoms with Gasteiger partial charge in [-0.15, -0.1) is 11.3 Å². The molecule has 0 unspecified atom stereocenters. The van der Waals surface area contributed by atoms with E-state index < -0.39 is 7.60 Å². The van der Waals surface area contributed by atoms with E-state index in [4.69, 9.17) is 9.79 Å². The first kappa shape index (κ1) is 24.1. The summed E-state index contributed by atoms with van der Waals surface area (Å²) in [5.41, 5.74) is 2.65. The van der Waals surface area contributed by atoms with Gasteiger partial charge in [0.1, 0.15) is 0 Å². The summed E-state index contributed by atoms with van der Waals surface area (Å²) in [5, 5.41) is 5.21. The molecule has 0 bridgehead atoms. The predicted octanol–water partition coefficient (Wildman–Crippen LogP) is 4.68. The molecule has 1 aromatic heterocycles. The summed E-state index contributed by atoms with van der Waals surface area (Å²) in [4.78, 5) is 34.7. The molecule has 1 aliphatic rings. The van der Waals surface area contributed by atoms with Gasteiger partial charge in [0.05, 0.1) is 6.16 Å². The Balaban J connectivity index is 1.65. The van der Waals surface area contributed by atoms with Crippen LogP contribution in [0.3, 0.4) is 0 Å². The van der Waals surface area contributed by atoms with Crippen LogP contribution >= 0.6 is 18.9 Å². The Labute approximate surface area is 188 Å². The van der Waals surface area contributed by atoms with E-state index in [2.05, 4.69) is 49.4 Å². The molecule has 1 aliphatic heterocycles. The topological polar surface area (TPSA) is 89.9 Å². The van der Waals surface area contributed by atoms with Crippen molar-refractivity contribution >= 4 is 24.8 Å². The number of carbonyl (C=O) groups excluding carboxylic acids is 1. The van der Waals surface area contributed by atoms with E-state index in [1.807, 2.05) is 11.3 Å². The average molecular weight is 465 g/mol. The number of benzene rings is 1. The molecule has 3 rings (SSSR count). The minimum Gasteiger partial charge on any atom is -0.351 e. The van der Waals surface area contributed by atoms with Crippen LogP contribution in [0.1, 0.15) is 72.9 Å². The summed E-state index contributed by atoms with van der Waals surface area (Å²) in [5.74, 6) is -0.172. The molecule has 6 nitrogen and oxygen atoms in total. The van der Waals surface area contributed by atoms with E-state index in [9.17, 15) is 9.36 Å². The molecule has 0 saturated carbocycles. The van der Waals surface area contributed by atoms with Crippen molar-refractivity contribution in [1.82, 2.24) is 10.2 Å². The number of carbonyl (C=O) groups is 1. The molecule has 0 radical (unpaired) electrons. The monoisotopic (exact) mass is 464 g/mol. The number of thiophene rings is 1. The van der Waals surface area contributed by atoms with Crippen LogP contribution in [0.5, 0.6) is 0 Å². The van der Waals surface area contributed by atoms with Crippen LogP contribution in [-0.4, -0.2) is 39.7 Å². The van der Waals surface area contributed by atoms with Crippen molar-refractivity contribution in [3.05, 3.63) is 57.3 Å². The summed E-state index contributed by atoms with van der Waals surface area (Å²) in [6.07, 6.45) is 1.86. The molecule has 170 valence electrons. The maximum Gasteiger partial charge on any atom is 0.329 e. The van der Waals surface area contributed by atoms with Crippen molar-refractivity contribution in [1.29, 1.82) is 0 Å². The van der Waals surface area contributed by atoms with E-state index in [0.717, 1.165) is 19.4 Å². The third-order valence-corrected chi connectivity index (χ3v) is 8.79. The van der Waals surface area contributed by atoms with Gasteiger partial charge in [0.15, 0.2) is 0 Å². The molecule has 0 aliphatic carbocycles. The Morgan fingerprint density at radius 2 is 1.81 bits per heavy atom. The van der Waals surface area contributed by atoms with E-state index >= 15 is 0 Å². The van der Waals surface area contributed by atoms with E-state index in [-0.39, 0.29) is 17.5 Å². The maximum atomic E-state index is 12.6. The molecular formula is C23H33N2O4PS.